The molecule has 0 bridgehead atoms. The van der Waals surface area contributed by atoms with Crippen LogP contribution >= 0.6 is 11.3 Å². The fourth-order valence-electron chi connectivity index (χ4n) is 3.09. The summed E-state index contributed by atoms with van der Waals surface area (Å²) in [5.41, 5.74) is 5.47. The minimum atomic E-state index is -0.918. The third-order valence-corrected chi connectivity index (χ3v) is 5.34. The Bertz CT molecular complexity index is 1100. The second kappa shape index (κ2) is 7.23. The number of fused-ring (bicyclic) bond motifs is 1. The molecule has 3 N–H and O–H groups in total. The van der Waals surface area contributed by atoms with E-state index >= 15 is 0 Å². The summed E-state index contributed by atoms with van der Waals surface area (Å²) < 4.78 is 2.57. The zero-order valence-electron chi connectivity index (χ0n) is 16.2. The summed E-state index contributed by atoms with van der Waals surface area (Å²) in [6.07, 6.45) is 1.72. The third-order valence-electron chi connectivity index (χ3n) is 4.44. The highest BCUT2D eigenvalue weighted by molar-refractivity contribution is 7.11. The highest BCUT2D eigenvalue weighted by Gasteiger charge is 2.32. The van der Waals surface area contributed by atoms with E-state index in [-0.39, 0.29) is 0 Å². The van der Waals surface area contributed by atoms with E-state index in [1.54, 1.807) is 51.2 Å². The van der Waals surface area contributed by atoms with Gasteiger partial charge in [-0.2, -0.15) is 0 Å². The largest absolute Gasteiger partial charge is 0.368 e. The summed E-state index contributed by atoms with van der Waals surface area (Å²) >= 11 is 1.49. The number of amides is 2. The molecule has 0 fully saturated rings. The molecule has 2 aromatic heterocycles. The normalized spacial score (nSPS) is 12.9. The summed E-state index contributed by atoms with van der Waals surface area (Å²) in [6, 6.07) is 5.43. The van der Waals surface area contributed by atoms with Gasteiger partial charge in [-0.05, 0) is 24.5 Å². The van der Waals surface area contributed by atoms with Gasteiger partial charge in [0.1, 0.15) is 6.04 Å². The number of nitrogens with two attached hydrogens (primary N) is 1. The molecular weight excluding hydrogens is 378 g/mol. The van der Waals surface area contributed by atoms with E-state index in [2.05, 4.69) is 10.3 Å². The van der Waals surface area contributed by atoms with Crippen LogP contribution in [0.15, 0.2) is 35.3 Å². The van der Waals surface area contributed by atoms with Crippen molar-refractivity contribution in [3.63, 3.8) is 0 Å². The molecule has 0 saturated heterocycles. The molecule has 3 rings (SSSR count). The molecule has 28 heavy (non-hydrogen) atoms. The standard InChI is InChI=1S/C19H23N5O3S/c1-11-21-9-12(28-11)10-23-13-7-5-6-8-14(13)24(18(23)27)17(26)22-15(16(20)25)19(2,3)4/h5-9,15H,10H2,1-4H3,(H2,20,25)(H,22,26)/t15-/m1/s1. The van der Waals surface area contributed by atoms with E-state index < -0.39 is 29.1 Å². The van der Waals surface area contributed by atoms with E-state index in [9.17, 15) is 14.4 Å². The molecule has 0 aliphatic carbocycles. The smallest absolute Gasteiger partial charge is 0.337 e. The van der Waals surface area contributed by atoms with Gasteiger partial charge in [0.15, 0.2) is 0 Å². The van der Waals surface area contributed by atoms with Crippen LogP contribution < -0.4 is 16.7 Å². The van der Waals surface area contributed by atoms with Crippen LogP contribution in [0.4, 0.5) is 4.79 Å². The van der Waals surface area contributed by atoms with Gasteiger partial charge in [0.05, 0.1) is 22.6 Å². The van der Waals surface area contributed by atoms with E-state index in [1.807, 2.05) is 6.92 Å². The molecule has 0 saturated carbocycles. The van der Waals surface area contributed by atoms with Crippen LogP contribution in [-0.4, -0.2) is 32.1 Å². The molecule has 0 aliphatic rings. The number of aryl methyl sites for hydroxylation is 1. The van der Waals surface area contributed by atoms with Crippen molar-refractivity contribution in [1.29, 1.82) is 0 Å². The molecule has 3 aromatic rings. The van der Waals surface area contributed by atoms with Crippen LogP contribution in [0, 0.1) is 12.3 Å². The highest BCUT2D eigenvalue weighted by Crippen LogP contribution is 2.20. The Morgan fingerprint density at radius 2 is 1.89 bits per heavy atom. The Labute approximate surface area is 166 Å². The minimum absolute atomic E-state index is 0.309. The van der Waals surface area contributed by atoms with Gasteiger partial charge in [-0.25, -0.2) is 19.1 Å². The fourth-order valence-corrected chi connectivity index (χ4v) is 3.88. The van der Waals surface area contributed by atoms with Crippen molar-refractivity contribution in [3.8, 4) is 0 Å². The Hall–Kier alpha value is -2.94. The average Bonchev–Trinajstić information content (AvgIpc) is 3.13. The van der Waals surface area contributed by atoms with Crippen molar-refractivity contribution < 1.29 is 9.59 Å². The fraction of sp³-hybridized carbons (Fsp3) is 0.368. The van der Waals surface area contributed by atoms with Gasteiger partial charge in [-0.15, -0.1) is 11.3 Å². The number of hydrogen-bond donors (Lipinski definition) is 2. The van der Waals surface area contributed by atoms with Gasteiger partial charge in [-0.3, -0.25) is 9.36 Å². The summed E-state index contributed by atoms with van der Waals surface area (Å²) in [5, 5.41) is 3.52. The first kappa shape index (κ1) is 19.8. The van der Waals surface area contributed by atoms with Crippen LogP contribution in [0.3, 0.4) is 0 Å². The Morgan fingerprint density at radius 3 is 2.43 bits per heavy atom. The number of hydrogen-bond acceptors (Lipinski definition) is 5. The number of primary amides is 1. The van der Waals surface area contributed by atoms with E-state index in [0.29, 0.717) is 17.6 Å². The molecule has 2 amide bonds. The van der Waals surface area contributed by atoms with Crippen LogP contribution in [0.5, 0.6) is 0 Å². The zero-order chi connectivity index (χ0) is 20.6. The topological polar surface area (TPSA) is 112 Å². The van der Waals surface area contributed by atoms with E-state index in [1.165, 1.54) is 15.9 Å². The van der Waals surface area contributed by atoms with Crippen LogP contribution in [0.2, 0.25) is 0 Å². The number of imidazole rings is 1. The first-order valence-electron chi connectivity index (χ1n) is 8.81. The highest BCUT2D eigenvalue weighted by atomic mass is 32.1. The maximum Gasteiger partial charge on any atom is 0.337 e. The SMILES string of the molecule is Cc1ncc(Cn2c(=O)n(C(=O)N[C@H](C(N)=O)C(C)(C)C)c3ccccc32)s1. The van der Waals surface area contributed by atoms with Gasteiger partial charge < -0.3 is 11.1 Å². The molecule has 8 nitrogen and oxygen atoms in total. The predicted octanol–water partition coefficient (Wildman–Crippen LogP) is 2.07. The number of aromatic nitrogens is 3. The predicted molar refractivity (Wildman–Crippen MR) is 109 cm³/mol. The van der Waals surface area contributed by atoms with Gasteiger partial charge >= 0.3 is 11.7 Å². The van der Waals surface area contributed by atoms with Crippen molar-refractivity contribution in [1.82, 2.24) is 19.4 Å². The van der Waals surface area contributed by atoms with E-state index in [4.69, 9.17) is 5.73 Å². The van der Waals surface area contributed by atoms with Gasteiger partial charge in [0.2, 0.25) is 5.91 Å². The first-order chi connectivity index (χ1) is 13.1. The average molecular weight is 401 g/mol. The monoisotopic (exact) mass is 401 g/mol. The van der Waals surface area contributed by atoms with Gasteiger partial charge in [-0.1, -0.05) is 32.9 Å². The molecule has 9 heteroatoms. The number of benzene rings is 1. The van der Waals surface area contributed by atoms with Crippen molar-refractivity contribution in [2.75, 3.05) is 0 Å². The lowest BCUT2D eigenvalue weighted by molar-refractivity contribution is -0.122. The summed E-state index contributed by atoms with van der Waals surface area (Å²) in [4.78, 5) is 43.0. The molecule has 1 aromatic carbocycles. The van der Waals surface area contributed by atoms with E-state index in [0.717, 1.165) is 14.5 Å². The Kier molecular flexibility index (Phi) is 5.12. The number of rotatable bonds is 4. The lowest BCUT2D eigenvalue weighted by Crippen LogP contribution is -2.54. The van der Waals surface area contributed by atoms with Crippen molar-refractivity contribution in [3.05, 3.63) is 50.8 Å². The number of nitrogens with one attached hydrogen (secondary N) is 1. The summed E-state index contributed by atoms with van der Waals surface area (Å²) in [6.45, 7) is 7.58. The first-order valence-corrected chi connectivity index (χ1v) is 9.63. The maximum atomic E-state index is 13.1. The molecule has 1 atom stereocenters. The Balaban J connectivity index is 2.06. The molecule has 0 aliphatic heterocycles. The second-order valence-corrected chi connectivity index (χ2v) is 9.01. The summed E-state index contributed by atoms with van der Waals surface area (Å²) in [7, 11) is 0. The van der Waals surface area contributed by atoms with Crippen molar-refractivity contribution >= 4 is 34.3 Å². The van der Waals surface area contributed by atoms with Crippen molar-refractivity contribution in [2.45, 2.75) is 40.3 Å². The zero-order valence-corrected chi connectivity index (χ0v) is 17.0. The Morgan fingerprint density at radius 1 is 1.25 bits per heavy atom. The number of thiazole rings is 1. The lowest BCUT2D eigenvalue weighted by atomic mass is 9.86. The third kappa shape index (κ3) is 3.70. The van der Waals surface area contributed by atoms with Gasteiger partial charge in [0.25, 0.3) is 0 Å². The number of nitrogens with zero attached hydrogens (tertiary/aromatic N) is 3. The molecule has 0 radical (unpaired) electrons. The van der Waals surface area contributed by atoms with Crippen LogP contribution in [0.1, 0.15) is 30.7 Å². The molecular formula is C19H23N5O3S. The molecule has 2 heterocycles. The quantitative estimate of drug-likeness (QED) is 0.697. The number of carbonyl (C=O) groups is 2. The van der Waals surface area contributed by atoms with Crippen LogP contribution in [0.25, 0.3) is 11.0 Å². The maximum absolute atomic E-state index is 13.1. The minimum Gasteiger partial charge on any atom is -0.368 e. The van der Waals surface area contributed by atoms with Gasteiger partial charge in [0, 0.05) is 11.1 Å². The van der Waals surface area contributed by atoms with Crippen LogP contribution in [-0.2, 0) is 11.3 Å². The molecule has 0 unspecified atom stereocenters. The van der Waals surface area contributed by atoms with Crippen molar-refractivity contribution in [2.24, 2.45) is 11.1 Å². The second-order valence-electron chi connectivity index (χ2n) is 7.69. The number of para-hydroxylation sites is 2. The number of carbonyl (C=O) groups excluding carboxylic acids is 2. The summed E-state index contributed by atoms with van der Waals surface area (Å²) in [5.74, 6) is -0.655. The molecule has 148 valence electrons. The lowest BCUT2D eigenvalue weighted by Gasteiger charge is -2.28. The molecule has 0 spiro atoms.